The largest absolute Gasteiger partial charge is 0.469 e. The van der Waals surface area contributed by atoms with Crippen LogP contribution in [0.15, 0.2) is 11.4 Å². The monoisotopic (exact) mass is 331 g/mol. The highest BCUT2D eigenvalue weighted by atomic mass is 32.2. The summed E-state index contributed by atoms with van der Waals surface area (Å²) < 4.78 is 31.2. The maximum atomic E-state index is 12.5. The lowest BCUT2D eigenvalue weighted by Crippen LogP contribution is -2.40. The highest BCUT2D eigenvalue weighted by molar-refractivity contribution is 7.89. The van der Waals surface area contributed by atoms with Gasteiger partial charge in [-0.1, -0.05) is 6.92 Å². The number of fused-ring (bicyclic) bond motifs is 1. The second-order valence-corrected chi connectivity index (χ2v) is 8.12. The van der Waals surface area contributed by atoms with Gasteiger partial charge in [0.25, 0.3) is 0 Å². The van der Waals surface area contributed by atoms with Crippen molar-refractivity contribution in [2.24, 2.45) is 0 Å². The number of hydrogen-bond acceptors (Lipinski definition) is 5. The quantitative estimate of drug-likeness (QED) is 0.751. The number of sulfonamides is 1. The first-order valence-corrected chi connectivity index (χ1v) is 9.61. The molecule has 0 spiro atoms. The third-order valence-corrected chi connectivity index (χ3v) is 6.75. The average Bonchev–Trinajstić information content (AvgIpc) is 2.94. The zero-order valence-electron chi connectivity index (χ0n) is 12.4. The normalized spacial score (nSPS) is 19.2. The standard InChI is InChI=1S/C14H21NO4S2/c1-3-12-11-7-9-20-13(11)6-8-15(12)21(17,18)10-4-5-14(16)19-2/h7,9,12H,3-6,8,10H2,1-2H3. The Balaban J connectivity index is 2.08. The third-order valence-electron chi connectivity index (χ3n) is 3.80. The molecule has 118 valence electrons. The Morgan fingerprint density at radius 3 is 2.95 bits per heavy atom. The summed E-state index contributed by atoms with van der Waals surface area (Å²) in [7, 11) is -2.03. The average molecular weight is 331 g/mol. The van der Waals surface area contributed by atoms with Crippen LogP contribution < -0.4 is 0 Å². The second kappa shape index (κ2) is 6.89. The molecule has 1 atom stereocenters. The van der Waals surface area contributed by atoms with Crippen LogP contribution in [-0.4, -0.2) is 38.1 Å². The van der Waals surface area contributed by atoms with Crippen LogP contribution >= 0.6 is 11.3 Å². The highest BCUT2D eigenvalue weighted by Crippen LogP contribution is 2.36. The van der Waals surface area contributed by atoms with E-state index in [1.165, 1.54) is 12.0 Å². The Bertz CT molecular complexity index is 594. The fourth-order valence-corrected chi connectivity index (χ4v) is 5.44. The first-order chi connectivity index (χ1) is 9.99. The summed E-state index contributed by atoms with van der Waals surface area (Å²) in [4.78, 5) is 12.4. The molecule has 5 nitrogen and oxygen atoms in total. The van der Waals surface area contributed by atoms with E-state index in [0.717, 1.165) is 18.4 Å². The molecule has 0 radical (unpaired) electrons. The summed E-state index contributed by atoms with van der Waals surface area (Å²) >= 11 is 1.70. The van der Waals surface area contributed by atoms with E-state index in [0.29, 0.717) is 13.0 Å². The van der Waals surface area contributed by atoms with Crippen molar-refractivity contribution < 1.29 is 17.9 Å². The van der Waals surface area contributed by atoms with Crippen LogP contribution in [0, 0.1) is 0 Å². The van der Waals surface area contributed by atoms with E-state index in [1.807, 2.05) is 18.4 Å². The van der Waals surface area contributed by atoms with Gasteiger partial charge in [-0.3, -0.25) is 4.79 Å². The number of esters is 1. The smallest absolute Gasteiger partial charge is 0.305 e. The Kier molecular flexibility index (Phi) is 5.40. The minimum Gasteiger partial charge on any atom is -0.469 e. The number of methoxy groups -OCH3 is 1. The molecule has 1 aromatic heterocycles. The van der Waals surface area contributed by atoms with Crippen LogP contribution in [0.5, 0.6) is 0 Å². The van der Waals surface area contributed by atoms with Crippen LogP contribution in [0.25, 0.3) is 0 Å². The summed E-state index contributed by atoms with van der Waals surface area (Å²) in [6.07, 6.45) is 1.99. The van der Waals surface area contributed by atoms with E-state index in [2.05, 4.69) is 4.74 Å². The second-order valence-electron chi connectivity index (χ2n) is 5.08. The molecular weight excluding hydrogens is 310 g/mol. The summed E-state index contributed by atoms with van der Waals surface area (Å²) in [5.41, 5.74) is 1.14. The third kappa shape index (κ3) is 3.64. The number of hydrogen-bond donors (Lipinski definition) is 0. The highest BCUT2D eigenvalue weighted by Gasteiger charge is 2.34. The fraction of sp³-hybridized carbons (Fsp3) is 0.643. The lowest BCUT2D eigenvalue weighted by molar-refractivity contribution is -0.140. The molecule has 1 aliphatic rings. The predicted molar refractivity (Wildman–Crippen MR) is 82.8 cm³/mol. The van der Waals surface area contributed by atoms with Gasteiger partial charge in [0.15, 0.2) is 0 Å². The number of carbonyl (C=O) groups excluding carboxylic acids is 1. The number of rotatable bonds is 6. The summed E-state index contributed by atoms with van der Waals surface area (Å²) in [6, 6.07) is 1.97. The molecule has 0 bridgehead atoms. The van der Waals surface area contributed by atoms with Gasteiger partial charge < -0.3 is 4.74 Å². The van der Waals surface area contributed by atoms with Crippen LogP contribution in [-0.2, 0) is 26.0 Å². The van der Waals surface area contributed by atoms with Crippen LogP contribution in [0.4, 0.5) is 0 Å². The summed E-state index contributed by atoms with van der Waals surface area (Å²) in [5, 5.41) is 2.03. The molecule has 21 heavy (non-hydrogen) atoms. The van der Waals surface area contributed by atoms with Crippen LogP contribution in [0.2, 0.25) is 0 Å². The van der Waals surface area contributed by atoms with Crippen LogP contribution in [0.1, 0.15) is 42.7 Å². The Morgan fingerprint density at radius 1 is 1.52 bits per heavy atom. The van der Waals surface area contributed by atoms with Gasteiger partial charge in [0.2, 0.25) is 10.0 Å². The molecule has 2 heterocycles. The Hall–Kier alpha value is -0.920. The van der Waals surface area contributed by atoms with Crippen molar-refractivity contribution in [1.82, 2.24) is 4.31 Å². The van der Waals surface area contributed by atoms with Gasteiger partial charge in [-0.15, -0.1) is 11.3 Å². The van der Waals surface area contributed by atoms with Gasteiger partial charge in [-0.25, -0.2) is 8.42 Å². The molecule has 1 aromatic rings. The molecule has 1 unspecified atom stereocenters. The lowest BCUT2D eigenvalue weighted by Gasteiger charge is -2.34. The van der Waals surface area contributed by atoms with Crippen molar-refractivity contribution in [2.45, 2.75) is 38.6 Å². The first-order valence-electron chi connectivity index (χ1n) is 7.12. The zero-order valence-corrected chi connectivity index (χ0v) is 14.0. The maximum absolute atomic E-state index is 12.5. The van der Waals surface area contributed by atoms with Crippen molar-refractivity contribution in [3.63, 3.8) is 0 Å². The van der Waals surface area contributed by atoms with Gasteiger partial charge in [-0.05, 0) is 36.3 Å². The molecule has 0 aromatic carbocycles. The van der Waals surface area contributed by atoms with Crippen molar-refractivity contribution in [2.75, 3.05) is 19.4 Å². The predicted octanol–water partition coefficient (Wildman–Crippen LogP) is 2.34. The number of nitrogens with zero attached hydrogens (tertiary/aromatic N) is 1. The Labute approximate surface area is 130 Å². The van der Waals surface area contributed by atoms with Crippen molar-refractivity contribution in [3.05, 3.63) is 21.9 Å². The summed E-state index contributed by atoms with van der Waals surface area (Å²) in [5.74, 6) is -0.367. The fourth-order valence-electron chi connectivity index (χ4n) is 2.75. The molecule has 2 rings (SSSR count). The molecule has 7 heteroatoms. The molecular formula is C14H21NO4S2. The zero-order chi connectivity index (χ0) is 15.5. The SMILES string of the molecule is CCC1c2ccsc2CCN1S(=O)(=O)CCCC(=O)OC. The molecule has 0 amide bonds. The van der Waals surface area contributed by atoms with E-state index in [1.54, 1.807) is 15.6 Å². The van der Waals surface area contributed by atoms with Gasteiger partial charge in [-0.2, -0.15) is 4.31 Å². The van der Waals surface area contributed by atoms with Gasteiger partial charge in [0.05, 0.1) is 18.9 Å². The van der Waals surface area contributed by atoms with E-state index >= 15 is 0 Å². The number of ether oxygens (including phenoxy) is 1. The van der Waals surface area contributed by atoms with Gasteiger partial charge >= 0.3 is 5.97 Å². The topological polar surface area (TPSA) is 63.7 Å². The minimum absolute atomic E-state index is 0.00191. The number of thiophene rings is 1. The molecule has 0 saturated heterocycles. The van der Waals surface area contributed by atoms with Crippen molar-refractivity contribution in [1.29, 1.82) is 0 Å². The van der Waals surface area contributed by atoms with E-state index < -0.39 is 10.0 Å². The van der Waals surface area contributed by atoms with E-state index in [4.69, 9.17) is 0 Å². The minimum atomic E-state index is -3.34. The number of carbonyl (C=O) groups is 1. The summed E-state index contributed by atoms with van der Waals surface area (Å²) in [6.45, 7) is 2.54. The molecule has 0 aliphatic carbocycles. The van der Waals surface area contributed by atoms with Crippen molar-refractivity contribution >= 4 is 27.3 Å². The Morgan fingerprint density at radius 2 is 2.29 bits per heavy atom. The van der Waals surface area contributed by atoms with Crippen LogP contribution in [0.3, 0.4) is 0 Å². The van der Waals surface area contributed by atoms with Crippen molar-refractivity contribution in [3.8, 4) is 0 Å². The van der Waals surface area contributed by atoms with Gasteiger partial charge in [0, 0.05) is 17.8 Å². The first kappa shape index (κ1) is 16.5. The maximum Gasteiger partial charge on any atom is 0.305 e. The molecule has 1 aliphatic heterocycles. The van der Waals surface area contributed by atoms with Gasteiger partial charge in [0.1, 0.15) is 0 Å². The molecule has 0 N–H and O–H groups in total. The van der Waals surface area contributed by atoms with E-state index in [9.17, 15) is 13.2 Å². The lowest BCUT2D eigenvalue weighted by atomic mass is 10.0. The molecule has 0 saturated carbocycles. The molecule has 0 fully saturated rings. The van der Waals surface area contributed by atoms with E-state index in [-0.39, 0.29) is 24.2 Å².